The van der Waals surface area contributed by atoms with E-state index in [1.165, 1.54) is 11.1 Å². The quantitative estimate of drug-likeness (QED) is 0.301. The molecule has 1 rings (SSSR count). The van der Waals surface area contributed by atoms with Gasteiger partial charge >= 0.3 is 18.9 Å². The normalized spacial score (nSPS) is 8.22. The second-order valence-corrected chi connectivity index (χ2v) is 2.01. The van der Waals surface area contributed by atoms with E-state index in [1.54, 1.807) is 0 Å². The van der Waals surface area contributed by atoms with Crippen LogP contribution in [0.4, 0.5) is 0 Å². The van der Waals surface area contributed by atoms with E-state index in [9.17, 15) is 0 Å². The molecule has 0 amide bonds. The molecule has 9 heavy (non-hydrogen) atoms. The van der Waals surface area contributed by atoms with Gasteiger partial charge in [-0.25, -0.2) is 0 Å². The molecule has 0 spiro atoms. The molecule has 0 bridgehead atoms. The Hall–Kier alpha value is -0.183. The van der Waals surface area contributed by atoms with Crippen LogP contribution in [0.3, 0.4) is 0 Å². The zero-order chi connectivity index (χ0) is 5.98. The maximum Gasteiger partial charge on any atom is 1.00 e. The largest absolute Gasteiger partial charge is 1.00 e. The first-order valence-electron chi connectivity index (χ1n) is 2.74. The molecule has 0 radical (unpaired) electrons. The molecule has 1 aromatic carbocycles. The third-order valence-corrected chi connectivity index (χ3v) is 1.35. The summed E-state index contributed by atoms with van der Waals surface area (Å²) in [6.45, 7) is 4.19. The Balaban J connectivity index is 0.000000640. The van der Waals surface area contributed by atoms with E-state index in [1.807, 2.05) is 12.1 Å². The molecule has 0 nitrogen and oxygen atoms in total. The molecule has 0 fully saturated rings. The van der Waals surface area contributed by atoms with Crippen molar-refractivity contribution in [2.45, 2.75) is 13.8 Å². The van der Waals surface area contributed by atoms with Crippen LogP contribution < -0.4 is 18.9 Å². The van der Waals surface area contributed by atoms with E-state index in [0.29, 0.717) is 0 Å². The van der Waals surface area contributed by atoms with Gasteiger partial charge in [0.15, 0.2) is 0 Å². The van der Waals surface area contributed by atoms with Crippen molar-refractivity contribution >= 4 is 0 Å². The van der Waals surface area contributed by atoms with Gasteiger partial charge in [0.25, 0.3) is 0 Å². The number of benzene rings is 1. The monoisotopic (exact) mass is 112 g/mol. The maximum atomic E-state index is 3.00. The SMILES string of the molecule is Cc1c[c-]ccc1C.[Li+]. The van der Waals surface area contributed by atoms with Crippen LogP contribution in [0, 0.1) is 19.9 Å². The fourth-order valence-corrected chi connectivity index (χ4v) is 0.592. The van der Waals surface area contributed by atoms with Crippen molar-refractivity contribution in [2.24, 2.45) is 0 Å². The van der Waals surface area contributed by atoms with Crippen LogP contribution in [0.25, 0.3) is 0 Å². The Morgan fingerprint density at radius 2 is 1.89 bits per heavy atom. The summed E-state index contributed by atoms with van der Waals surface area (Å²) in [4.78, 5) is 0. The molecule has 0 aliphatic heterocycles. The average molecular weight is 112 g/mol. The molecule has 1 heteroatoms. The van der Waals surface area contributed by atoms with Crippen molar-refractivity contribution in [3.8, 4) is 0 Å². The third-order valence-electron chi connectivity index (χ3n) is 1.35. The van der Waals surface area contributed by atoms with Crippen molar-refractivity contribution in [1.82, 2.24) is 0 Å². The van der Waals surface area contributed by atoms with Gasteiger partial charge in [-0.1, -0.05) is 13.8 Å². The molecule has 0 unspecified atom stereocenters. The first-order valence-corrected chi connectivity index (χ1v) is 2.74. The van der Waals surface area contributed by atoms with Gasteiger partial charge in [0.1, 0.15) is 0 Å². The molecule has 0 atom stereocenters. The molecule has 42 valence electrons. The van der Waals surface area contributed by atoms with Crippen molar-refractivity contribution < 1.29 is 18.9 Å². The summed E-state index contributed by atoms with van der Waals surface area (Å²) in [5, 5.41) is 0. The van der Waals surface area contributed by atoms with E-state index in [2.05, 4.69) is 26.0 Å². The zero-order valence-corrected chi connectivity index (χ0v) is 6.23. The van der Waals surface area contributed by atoms with Crippen molar-refractivity contribution in [2.75, 3.05) is 0 Å². The summed E-state index contributed by atoms with van der Waals surface area (Å²) in [6.07, 6.45) is 0. The van der Waals surface area contributed by atoms with Crippen LogP contribution in [0.1, 0.15) is 11.1 Å². The predicted octanol–water partition coefficient (Wildman–Crippen LogP) is -0.892. The minimum absolute atomic E-state index is 0. The molecule has 0 saturated carbocycles. The summed E-state index contributed by atoms with van der Waals surface area (Å²) in [7, 11) is 0. The van der Waals surface area contributed by atoms with Gasteiger partial charge in [-0.05, 0) is 0 Å². The van der Waals surface area contributed by atoms with Gasteiger partial charge in [-0.3, -0.25) is 0 Å². The summed E-state index contributed by atoms with van der Waals surface area (Å²) in [5.74, 6) is 0. The smallest absolute Gasteiger partial charge is 0.184 e. The Labute approximate surface area is 68.5 Å². The van der Waals surface area contributed by atoms with Gasteiger partial charge in [0.2, 0.25) is 0 Å². The minimum Gasteiger partial charge on any atom is -0.184 e. The zero-order valence-electron chi connectivity index (χ0n) is 6.23. The van der Waals surface area contributed by atoms with Crippen LogP contribution in [-0.2, 0) is 0 Å². The number of aryl methyl sites for hydroxylation is 2. The first-order chi connectivity index (χ1) is 3.80. The van der Waals surface area contributed by atoms with Crippen molar-refractivity contribution in [3.05, 3.63) is 35.4 Å². The molecule has 1 aromatic rings. The fourth-order valence-electron chi connectivity index (χ4n) is 0.592. The molecule has 0 saturated heterocycles. The van der Waals surface area contributed by atoms with Crippen molar-refractivity contribution in [3.63, 3.8) is 0 Å². The first kappa shape index (κ1) is 8.82. The summed E-state index contributed by atoms with van der Waals surface area (Å²) in [6, 6.07) is 8.99. The summed E-state index contributed by atoms with van der Waals surface area (Å²) >= 11 is 0. The van der Waals surface area contributed by atoms with Crippen LogP contribution in [0.5, 0.6) is 0 Å². The Morgan fingerprint density at radius 1 is 1.22 bits per heavy atom. The number of hydrogen-bond acceptors (Lipinski definition) is 0. The molecular weight excluding hydrogens is 103 g/mol. The summed E-state index contributed by atoms with van der Waals surface area (Å²) in [5.41, 5.74) is 2.65. The predicted molar refractivity (Wildman–Crippen MR) is 34.8 cm³/mol. The summed E-state index contributed by atoms with van der Waals surface area (Å²) < 4.78 is 0. The Bertz CT molecular complexity index is 161. The second-order valence-electron chi connectivity index (χ2n) is 2.01. The van der Waals surface area contributed by atoms with Gasteiger partial charge in [-0.2, -0.15) is 35.4 Å². The topological polar surface area (TPSA) is 0 Å². The fraction of sp³-hybridized carbons (Fsp3) is 0.250. The van der Waals surface area contributed by atoms with E-state index in [4.69, 9.17) is 0 Å². The third kappa shape index (κ3) is 2.26. The van der Waals surface area contributed by atoms with Gasteiger partial charge in [0.05, 0.1) is 0 Å². The molecule has 0 aromatic heterocycles. The molecule has 0 N–H and O–H groups in total. The Morgan fingerprint density at radius 3 is 2.22 bits per heavy atom. The van der Waals surface area contributed by atoms with E-state index < -0.39 is 0 Å². The van der Waals surface area contributed by atoms with Crippen LogP contribution >= 0.6 is 0 Å². The average Bonchev–Trinajstić information content (AvgIpc) is 1.77. The number of hydrogen-bond donors (Lipinski definition) is 0. The maximum absolute atomic E-state index is 3.00. The second kappa shape index (κ2) is 3.77. The van der Waals surface area contributed by atoms with Gasteiger partial charge < -0.3 is 0 Å². The van der Waals surface area contributed by atoms with Crippen LogP contribution in [-0.4, -0.2) is 0 Å². The minimum atomic E-state index is 0. The Kier molecular flexibility index (Phi) is 3.69. The van der Waals surface area contributed by atoms with Crippen LogP contribution in [0.2, 0.25) is 0 Å². The van der Waals surface area contributed by atoms with Gasteiger partial charge in [0, 0.05) is 0 Å². The van der Waals surface area contributed by atoms with E-state index in [-0.39, 0.29) is 18.9 Å². The van der Waals surface area contributed by atoms with E-state index >= 15 is 0 Å². The molecule has 0 aliphatic rings. The van der Waals surface area contributed by atoms with Gasteiger partial charge in [-0.15, -0.1) is 0 Å². The van der Waals surface area contributed by atoms with E-state index in [0.717, 1.165) is 0 Å². The molecule has 0 aliphatic carbocycles. The van der Waals surface area contributed by atoms with Crippen LogP contribution in [0.15, 0.2) is 18.2 Å². The number of rotatable bonds is 0. The molecular formula is C8H9Li. The molecule has 0 heterocycles. The standard InChI is InChI=1S/C8H9.Li/c1-7-5-3-4-6-8(7)2;/h3,5-6H,1-2H3;/q-1;+1. The van der Waals surface area contributed by atoms with Crippen molar-refractivity contribution in [1.29, 1.82) is 0 Å².